The Balaban J connectivity index is 3.87. The number of hydrogen-bond acceptors (Lipinski definition) is 0. The minimum atomic E-state index is -0.914. The standard InChI is InChI=1S/C10H21ISi/c1-9(6-7-11)10(2)8-12(3,4)5/h9H,2,6-8H2,1,3-5H3/t9-/m0/s1. The third kappa shape index (κ3) is 6.23. The summed E-state index contributed by atoms with van der Waals surface area (Å²) in [5.74, 6) is 0.730. The molecule has 2 heteroatoms. The van der Waals surface area contributed by atoms with Crippen LogP contribution in [0, 0.1) is 5.92 Å². The lowest BCUT2D eigenvalue weighted by Gasteiger charge is -2.21. The molecule has 0 fully saturated rings. The molecule has 0 amide bonds. The third-order valence-electron chi connectivity index (χ3n) is 2.00. The molecule has 0 aromatic heterocycles. The molecule has 0 aromatic rings. The molecule has 0 nitrogen and oxygen atoms in total. The number of hydrogen-bond donors (Lipinski definition) is 0. The van der Waals surface area contributed by atoms with Gasteiger partial charge >= 0.3 is 0 Å². The molecule has 0 bridgehead atoms. The summed E-state index contributed by atoms with van der Waals surface area (Å²) >= 11 is 2.44. The first-order valence-corrected chi connectivity index (χ1v) is 9.83. The van der Waals surface area contributed by atoms with Gasteiger partial charge in [-0.2, -0.15) is 0 Å². The van der Waals surface area contributed by atoms with Crippen molar-refractivity contribution in [2.75, 3.05) is 4.43 Å². The van der Waals surface area contributed by atoms with Gasteiger partial charge in [0.2, 0.25) is 0 Å². The highest BCUT2D eigenvalue weighted by Gasteiger charge is 2.17. The zero-order valence-corrected chi connectivity index (χ0v) is 11.9. The van der Waals surface area contributed by atoms with Crippen molar-refractivity contribution in [2.45, 2.75) is 39.0 Å². The van der Waals surface area contributed by atoms with Crippen LogP contribution in [0.5, 0.6) is 0 Å². The van der Waals surface area contributed by atoms with Gasteiger partial charge in [-0.1, -0.05) is 61.3 Å². The Morgan fingerprint density at radius 3 is 2.25 bits per heavy atom. The number of rotatable bonds is 5. The maximum atomic E-state index is 4.19. The van der Waals surface area contributed by atoms with Crippen molar-refractivity contribution in [3.63, 3.8) is 0 Å². The summed E-state index contributed by atoms with van der Waals surface area (Å²) < 4.78 is 1.25. The Morgan fingerprint density at radius 1 is 1.42 bits per heavy atom. The highest BCUT2D eigenvalue weighted by Crippen LogP contribution is 2.23. The Hall–Kier alpha value is 0.687. The smallest absolute Gasteiger partial charge is 0.0483 e. The largest absolute Gasteiger partial charge is 0.0999 e. The van der Waals surface area contributed by atoms with Crippen LogP contribution < -0.4 is 0 Å². The number of halogens is 1. The normalized spacial score (nSPS) is 14.4. The molecule has 0 N–H and O–H groups in total. The van der Waals surface area contributed by atoms with E-state index >= 15 is 0 Å². The summed E-state index contributed by atoms with van der Waals surface area (Å²) in [6, 6.07) is 1.30. The van der Waals surface area contributed by atoms with Gasteiger partial charge in [-0.25, -0.2) is 0 Å². The van der Waals surface area contributed by atoms with E-state index in [9.17, 15) is 0 Å². The topological polar surface area (TPSA) is 0 Å². The first kappa shape index (κ1) is 12.7. The lowest BCUT2D eigenvalue weighted by atomic mass is 10.0. The molecule has 0 aliphatic heterocycles. The fourth-order valence-electron chi connectivity index (χ4n) is 1.22. The molecule has 12 heavy (non-hydrogen) atoms. The third-order valence-corrected chi connectivity index (χ3v) is 4.13. The predicted molar refractivity (Wildman–Crippen MR) is 70.0 cm³/mol. The minimum Gasteiger partial charge on any atom is -0.0999 e. The highest BCUT2D eigenvalue weighted by molar-refractivity contribution is 14.1. The van der Waals surface area contributed by atoms with E-state index in [2.05, 4.69) is 55.7 Å². The van der Waals surface area contributed by atoms with Gasteiger partial charge in [0, 0.05) is 12.5 Å². The predicted octanol–water partition coefficient (Wildman–Crippen LogP) is 4.34. The summed E-state index contributed by atoms with van der Waals surface area (Å²) in [5.41, 5.74) is 1.48. The Bertz CT molecular complexity index is 146. The molecule has 0 aromatic carbocycles. The average molecular weight is 296 g/mol. The molecule has 72 valence electrons. The fraction of sp³-hybridized carbons (Fsp3) is 0.800. The molecule has 0 heterocycles. The van der Waals surface area contributed by atoms with Crippen LogP contribution in [0.3, 0.4) is 0 Å². The number of allylic oxidation sites excluding steroid dienone is 1. The Kier molecular flexibility index (Phi) is 5.73. The lowest BCUT2D eigenvalue weighted by Crippen LogP contribution is -2.21. The number of alkyl halides is 1. The molecule has 0 aliphatic rings. The Morgan fingerprint density at radius 2 is 1.92 bits per heavy atom. The van der Waals surface area contributed by atoms with Gasteiger partial charge in [-0.15, -0.1) is 0 Å². The maximum absolute atomic E-state index is 4.19. The van der Waals surface area contributed by atoms with Crippen LogP contribution in [0.2, 0.25) is 25.7 Å². The van der Waals surface area contributed by atoms with Crippen LogP contribution in [-0.2, 0) is 0 Å². The van der Waals surface area contributed by atoms with E-state index in [1.54, 1.807) is 0 Å². The maximum Gasteiger partial charge on any atom is 0.0483 e. The van der Waals surface area contributed by atoms with Crippen LogP contribution in [-0.4, -0.2) is 12.5 Å². The molecule has 0 unspecified atom stereocenters. The molecule has 0 saturated carbocycles. The SMILES string of the molecule is C=C(C[Si](C)(C)C)[C@@H](C)CCI. The van der Waals surface area contributed by atoms with Crippen LogP contribution in [0.25, 0.3) is 0 Å². The zero-order chi connectivity index (χ0) is 9.78. The first-order valence-electron chi connectivity index (χ1n) is 4.60. The van der Waals surface area contributed by atoms with Crippen LogP contribution >= 0.6 is 22.6 Å². The van der Waals surface area contributed by atoms with Gasteiger partial charge in [-0.05, 0) is 18.4 Å². The van der Waals surface area contributed by atoms with Crippen molar-refractivity contribution >= 4 is 30.7 Å². The van der Waals surface area contributed by atoms with Crippen molar-refractivity contribution in [1.82, 2.24) is 0 Å². The molecular formula is C10H21ISi. The van der Waals surface area contributed by atoms with E-state index in [0.29, 0.717) is 0 Å². The van der Waals surface area contributed by atoms with Gasteiger partial charge in [-0.3, -0.25) is 0 Å². The Labute approximate surface area is 92.0 Å². The van der Waals surface area contributed by atoms with E-state index in [1.807, 2.05) is 0 Å². The average Bonchev–Trinajstić information content (AvgIpc) is 1.84. The second kappa shape index (κ2) is 5.42. The molecule has 0 aliphatic carbocycles. The van der Waals surface area contributed by atoms with Gasteiger partial charge in [0.15, 0.2) is 0 Å². The second-order valence-electron chi connectivity index (χ2n) is 4.77. The summed E-state index contributed by atoms with van der Waals surface area (Å²) in [7, 11) is -0.914. The highest BCUT2D eigenvalue weighted by atomic mass is 127. The molecule has 0 rings (SSSR count). The zero-order valence-electron chi connectivity index (χ0n) is 8.78. The van der Waals surface area contributed by atoms with E-state index in [-0.39, 0.29) is 0 Å². The van der Waals surface area contributed by atoms with Gasteiger partial charge in [0.1, 0.15) is 0 Å². The van der Waals surface area contributed by atoms with Crippen molar-refractivity contribution in [2.24, 2.45) is 5.92 Å². The summed E-state index contributed by atoms with van der Waals surface area (Å²) in [6.07, 6.45) is 1.30. The molecule has 1 atom stereocenters. The summed E-state index contributed by atoms with van der Waals surface area (Å²) in [6.45, 7) is 13.7. The molecule has 0 spiro atoms. The summed E-state index contributed by atoms with van der Waals surface area (Å²) in [4.78, 5) is 0. The van der Waals surface area contributed by atoms with Crippen molar-refractivity contribution in [3.05, 3.63) is 12.2 Å². The van der Waals surface area contributed by atoms with Crippen LogP contribution in [0.4, 0.5) is 0 Å². The molecule has 0 saturated heterocycles. The van der Waals surface area contributed by atoms with Crippen molar-refractivity contribution in [3.8, 4) is 0 Å². The summed E-state index contributed by atoms with van der Waals surface area (Å²) in [5, 5.41) is 0. The van der Waals surface area contributed by atoms with Gasteiger partial charge in [0.25, 0.3) is 0 Å². The van der Waals surface area contributed by atoms with Gasteiger partial charge in [0.05, 0.1) is 0 Å². The van der Waals surface area contributed by atoms with E-state index in [4.69, 9.17) is 0 Å². The van der Waals surface area contributed by atoms with E-state index in [0.717, 1.165) is 5.92 Å². The molecule has 0 radical (unpaired) electrons. The fourth-order valence-corrected chi connectivity index (χ4v) is 3.87. The minimum absolute atomic E-state index is 0.730. The monoisotopic (exact) mass is 296 g/mol. The van der Waals surface area contributed by atoms with E-state index < -0.39 is 8.07 Å². The second-order valence-corrected chi connectivity index (χ2v) is 11.3. The lowest BCUT2D eigenvalue weighted by molar-refractivity contribution is 0.667. The first-order chi connectivity index (χ1) is 5.37. The van der Waals surface area contributed by atoms with E-state index in [1.165, 1.54) is 22.5 Å². The van der Waals surface area contributed by atoms with Crippen LogP contribution in [0.15, 0.2) is 12.2 Å². The van der Waals surface area contributed by atoms with Crippen molar-refractivity contribution in [1.29, 1.82) is 0 Å². The van der Waals surface area contributed by atoms with Crippen molar-refractivity contribution < 1.29 is 0 Å². The molecular weight excluding hydrogens is 275 g/mol. The quantitative estimate of drug-likeness (QED) is 0.306. The van der Waals surface area contributed by atoms with Crippen LogP contribution in [0.1, 0.15) is 13.3 Å². The van der Waals surface area contributed by atoms with Gasteiger partial charge < -0.3 is 0 Å².